The molecule has 4 rings (SSSR count). The summed E-state index contributed by atoms with van der Waals surface area (Å²) >= 11 is 11.8. The van der Waals surface area contributed by atoms with Gasteiger partial charge in [0.1, 0.15) is 11.5 Å². The fourth-order valence-electron chi connectivity index (χ4n) is 3.77. The summed E-state index contributed by atoms with van der Waals surface area (Å²) < 4.78 is 40.4. The molecule has 0 radical (unpaired) electrons. The van der Waals surface area contributed by atoms with E-state index in [0.717, 1.165) is 17.7 Å². The first kappa shape index (κ1) is 24.2. The predicted molar refractivity (Wildman–Crippen MR) is 119 cm³/mol. The van der Waals surface area contributed by atoms with Crippen LogP contribution in [0.15, 0.2) is 36.4 Å². The maximum atomic E-state index is 13.0. The number of aryl methyl sites for hydroxylation is 1. The molecule has 2 atom stereocenters. The smallest absolute Gasteiger partial charge is 0.391 e. The summed E-state index contributed by atoms with van der Waals surface area (Å²) in [5.74, 6) is 1.08. The SMILES string of the molecule is Cc1nnc(C2C[C@H](O)CN2C(=O)Nc2ccc(C(F)(F)F)nc2Cl)n1Cc1ccc(Cl)cc1. The number of hydrogen-bond acceptors (Lipinski definition) is 5. The molecule has 1 aliphatic heterocycles. The second-order valence-corrected chi connectivity index (χ2v) is 8.63. The number of halogens is 5. The lowest BCUT2D eigenvalue weighted by molar-refractivity contribution is -0.141. The van der Waals surface area contributed by atoms with Gasteiger partial charge in [0.05, 0.1) is 24.4 Å². The van der Waals surface area contributed by atoms with Gasteiger partial charge in [0.2, 0.25) is 0 Å². The number of hydrogen-bond donors (Lipinski definition) is 2. The Balaban J connectivity index is 1.57. The van der Waals surface area contributed by atoms with Gasteiger partial charge in [-0.25, -0.2) is 9.78 Å². The molecule has 180 valence electrons. The molecule has 1 unspecified atom stereocenters. The van der Waals surface area contributed by atoms with E-state index in [9.17, 15) is 23.1 Å². The third-order valence-corrected chi connectivity index (χ3v) is 5.98. The van der Waals surface area contributed by atoms with Crippen LogP contribution in [0.3, 0.4) is 0 Å². The van der Waals surface area contributed by atoms with E-state index in [1.807, 2.05) is 16.7 Å². The standard InChI is InChI=1S/C21H19Cl2F3N6O2/c1-11-29-30-19(31(11)9-12-2-4-13(22)5-3-12)16-8-14(33)10-32(16)20(34)27-15-6-7-17(21(24,25)26)28-18(15)23/h2-7,14,16,33H,8-10H2,1H3,(H,27,34)/t14-,16?/m0/s1. The number of benzene rings is 1. The number of rotatable bonds is 4. The summed E-state index contributed by atoms with van der Waals surface area (Å²) in [4.78, 5) is 17.7. The predicted octanol–water partition coefficient (Wildman–Crippen LogP) is 4.70. The summed E-state index contributed by atoms with van der Waals surface area (Å²) in [7, 11) is 0. The van der Waals surface area contributed by atoms with Crippen molar-refractivity contribution in [3.8, 4) is 0 Å². The first-order valence-corrected chi connectivity index (χ1v) is 10.9. The van der Waals surface area contributed by atoms with Crippen LogP contribution in [0.1, 0.15) is 35.4 Å². The van der Waals surface area contributed by atoms with Crippen LogP contribution in [0.25, 0.3) is 0 Å². The molecule has 0 saturated carbocycles. The van der Waals surface area contributed by atoms with E-state index in [2.05, 4.69) is 20.5 Å². The second kappa shape index (κ2) is 9.40. The lowest BCUT2D eigenvalue weighted by Crippen LogP contribution is -2.36. The molecule has 0 aliphatic carbocycles. The minimum Gasteiger partial charge on any atom is -0.391 e. The summed E-state index contributed by atoms with van der Waals surface area (Å²) in [5, 5.41) is 21.2. The fraction of sp³-hybridized carbons (Fsp3) is 0.333. The molecule has 0 spiro atoms. The Morgan fingerprint density at radius 1 is 1.18 bits per heavy atom. The van der Waals surface area contributed by atoms with Crippen molar-refractivity contribution in [1.82, 2.24) is 24.6 Å². The number of likely N-dealkylation sites (tertiary alicyclic amines) is 1. The molecule has 0 bridgehead atoms. The first-order chi connectivity index (χ1) is 16.0. The molecule has 8 nitrogen and oxygen atoms in total. The molecule has 1 fully saturated rings. The molecule has 34 heavy (non-hydrogen) atoms. The van der Waals surface area contributed by atoms with Gasteiger partial charge >= 0.3 is 12.2 Å². The van der Waals surface area contributed by atoms with Crippen molar-refractivity contribution in [2.45, 2.75) is 38.2 Å². The molecule has 1 aliphatic rings. The van der Waals surface area contributed by atoms with E-state index in [0.29, 0.717) is 23.2 Å². The minimum absolute atomic E-state index is 0.00493. The Bertz CT molecular complexity index is 1200. The van der Waals surface area contributed by atoms with Gasteiger partial charge in [-0.3, -0.25) is 0 Å². The van der Waals surface area contributed by atoms with Crippen LogP contribution in [0.4, 0.5) is 23.7 Å². The number of alkyl halides is 3. The van der Waals surface area contributed by atoms with Gasteiger partial charge in [0, 0.05) is 18.0 Å². The number of nitrogens with zero attached hydrogens (tertiary/aromatic N) is 5. The van der Waals surface area contributed by atoms with Crippen molar-refractivity contribution in [2.24, 2.45) is 0 Å². The zero-order valence-electron chi connectivity index (χ0n) is 17.7. The zero-order chi connectivity index (χ0) is 24.6. The highest BCUT2D eigenvalue weighted by Crippen LogP contribution is 2.34. The lowest BCUT2D eigenvalue weighted by atomic mass is 10.1. The van der Waals surface area contributed by atoms with Gasteiger partial charge in [-0.2, -0.15) is 13.2 Å². The van der Waals surface area contributed by atoms with Gasteiger partial charge in [0.25, 0.3) is 0 Å². The summed E-state index contributed by atoms with van der Waals surface area (Å²) in [6, 6.07) is 7.72. The number of urea groups is 1. The average Bonchev–Trinajstić information content (AvgIpc) is 3.33. The van der Waals surface area contributed by atoms with Crippen LogP contribution >= 0.6 is 23.2 Å². The van der Waals surface area contributed by atoms with Crippen LogP contribution in [-0.4, -0.2) is 48.4 Å². The third-order valence-electron chi connectivity index (χ3n) is 5.44. The van der Waals surface area contributed by atoms with Crippen molar-refractivity contribution >= 4 is 34.9 Å². The van der Waals surface area contributed by atoms with Crippen LogP contribution in [0, 0.1) is 6.92 Å². The van der Waals surface area contributed by atoms with E-state index in [1.165, 1.54) is 4.90 Å². The number of aliphatic hydroxyl groups excluding tert-OH is 1. The quantitative estimate of drug-likeness (QED) is 0.492. The summed E-state index contributed by atoms with van der Waals surface area (Å²) in [6.45, 7) is 2.19. The van der Waals surface area contributed by atoms with Gasteiger partial charge in [0.15, 0.2) is 11.0 Å². The molecule has 2 amide bonds. The van der Waals surface area contributed by atoms with Crippen molar-refractivity contribution in [2.75, 3.05) is 11.9 Å². The second-order valence-electron chi connectivity index (χ2n) is 7.84. The number of carbonyl (C=O) groups excluding carboxylic acids is 1. The van der Waals surface area contributed by atoms with E-state index >= 15 is 0 Å². The Hall–Kier alpha value is -2.89. The average molecular weight is 515 g/mol. The highest BCUT2D eigenvalue weighted by atomic mass is 35.5. The van der Waals surface area contributed by atoms with Crippen molar-refractivity contribution < 1.29 is 23.1 Å². The van der Waals surface area contributed by atoms with E-state index in [-0.39, 0.29) is 18.7 Å². The molecule has 3 aromatic rings. The van der Waals surface area contributed by atoms with E-state index < -0.39 is 35.2 Å². The molecule has 2 N–H and O–H groups in total. The lowest BCUT2D eigenvalue weighted by Gasteiger charge is -2.25. The molecule has 13 heteroatoms. The molecule has 1 saturated heterocycles. The van der Waals surface area contributed by atoms with Crippen LogP contribution in [0.5, 0.6) is 0 Å². The highest BCUT2D eigenvalue weighted by Gasteiger charge is 2.39. The number of aliphatic hydroxyl groups is 1. The Morgan fingerprint density at radius 2 is 1.88 bits per heavy atom. The number of aromatic nitrogens is 4. The molecule has 3 heterocycles. The Morgan fingerprint density at radius 3 is 2.53 bits per heavy atom. The van der Waals surface area contributed by atoms with Crippen LogP contribution in [0.2, 0.25) is 10.2 Å². The van der Waals surface area contributed by atoms with E-state index in [4.69, 9.17) is 23.2 Å². The van der Waals surface area contributed by atoms with Crippen molar-refractivity contribution in [3.05, 3.63) is 69.5 Å². The van der Waals surface area contributed by atoms with Crippen molar-refractivity contribution in [1.29, 1.82) is 0 Å². The van der Waals surface area contributed by atoms with Gasteiger partial charge in [-0.05, 0) is 36.8 Å². The Kier molecular flexibility index (Phi) is 6.70. The van der Waals surface area contributed by atoms with Gasteiger partial charge in [-0.1, -0.05) is 35.3 Å². The number of pyridine rings is 1. The largest absolute Gasteiger partial charge is 0.433 e. The van der Waals surface area contributed by atoms with Crippen molar-refractivity contribution in [3.63, 3.8) is 0 Å². The third kappa shape index (κ3) is 5.11. The fourth-order valence-corrected chi connectivity index (χ4v) is 4.09. The molecule has 2 aromatic heterocycles. The first-order valence-electron chi connectivity index (χ1n) is 10.2. The molecule has 1 aromatic carbocycles. The number of β-amino-alcohol motifs (C(OH)–C–C–N with tert-alkyl or cyclic N) is 1. The summed E-state index contributed by atoms with van der Waals surface area (Å²) in [6.07, 6.45) is -5.27. The zero-order valence-corrected chi connectivity index (χ0v) is 19.2. The topological polar surface area (TPSA) is 96.2 Å². The number of amides is 2. The van der Waals surface area contributed by atoms with Crippen LogP contribution in [-0.2, 0) is 12.7 Å². The maximum Gasteiger partial charge on any atom is 0.433 e. The minimum atomic E-state index is -4.66. The monoisotopic (exact) mass is 514 g/mol. The van der Waals surface area contributed by atoms with E-state index in [1.54, 1.807) is 19.1 Å². The van der Waals surface area contributed by atoms with Gasteiger partial charge < -0.3 is 19.9 Å². The Labute approximate surface area is 202 Å². The van der Waals surface area contributed by atoms with Gasteiger partial charge in [-0.15, -0.1) is 10.2 Å². The normalized spacial score (nSPS) is 18.4. The number of nitrogens with one attached hydrogen (secondary N) is 1. The molecular weight excluding hydrogens is 496 g/mol. The molecular formula is C21H19Cl2F3N6O2. The maximum absolute atomic E-state index is 13.0. The number of anilines is 1. The highest BCUT2D eigenvalue weighted by molar-refractivity contribution is 6.32. The van der Waals surface area contributed by atoms with Crippen LogP contribution < -0.4 is 5.32 Å². The summed E-state index contributed by atoms with van der Waals surface area (Å²) in [5.41, 5.74) is -0.319. The number of carbonyl (C=O) groups is 1.